The highest BCUT2D eigenvalue weighted by atomic mass is 32.1. The molecule has 17 heavy (non-hydrogen) atoms. The number of rotatable bonds is 5. The van der Waals surface area contributed by atoms with Gasteiger partial charge in [0.05, 0.1) is 0 Å². The maximum absolute atomic E-state index is 11.2. The van der Waals surface area contributed by atoms with Gasteiger partial charge in [0.25, 0.3) is 0 Å². The van der Waals surface area contributed by atoms with Crippen LogP contribution in [0, 0.1) is 0 Å². The Morgan fingerprint density at radius 3 is 2.41 bits per heavy atom. The van der Waals surface area contributed by atoms with E-state index in [9.17, 15) is 9.36 Å². The highest BCUT2D eigenvalue weighted by molar-refractivity contribution is 7.80. The van der Waals surface area contributed by atoms with Crippen molar-refractivity contribution in [2.45, 2.75) is 6.42 Å². The Morgan fingerprint density at radius 1 is 1.35 bits per heavy atom. The zero-order valence-electron chi connectivity index (χ0n) is 8.74. The van der Waals surface area contributed by atoms with Crippen molar-refractivity contribution in [3.8, 4) is 5.75 Å². The van der Waals surface area contributed by atoms with Crippen LogP contribution in [0.5, 0.6) is 5.75 Å². The number of hydrogen-bond donors (Lipinski definition) is 4. The molecule has 0 fully saturated rings. The average Bonchev–Trinajstić information content (AvgIpc) is 2.19. The maximum Gasteiger partial charge on any atom is 0.524 e. The Bertz CT molecular complexity index is 430. The molecule has 1 aromatic carbocycles. The zero-order valence-corrected chi connectivity index (χ0v) is 10.5. The van der Waals surface area contributed by atoms with Crippen LogP contribution >= 0.6 is 20.5 Å². The summed E-state index contributed by atoms with van der Waals surface area (Å²) < 4.78 is 14.9. The molecule has 0 saturated carbocycles. The summed E-state index contributed by atoms with van der Waals surface area (Å²) in [5.74, 6) is 0.305. The predicted octanol–water partition coefficient (Wildman–Crippen LogP) is 1.42. The Hall–Kier alpha value is -1.01. The molecule has 0 aliphatic carbocycles. The summed E-state index contributed by atoms with van der Waals surface area (Å²) in [6, 6.07) is 5.69. The summed E-state index contributed by atoms with van der Waals surface area (Å²) in [5, 5.41) is 2.60. The van der Waals surface area contributed by atoms with Gasteiger partial charge in [-0.15, -0.1) is 0 Å². The van der Waals surface area contributed by atoms with Crippen LogP contribution in [0.1, 0.15) is 6.42 Å². The number of phosphoric ester groups is 1. The van der Waals surface area contributed by atoms with Crippen LogP contribution in [0.25, 0.3) is 0 Å². The van der Waals surface area contributed by atoms with Gasteiger partial charge in [0.15, 0.2) is 0 Å². The minimum absolute atomic E-state index is 0.0329. The molecule has 1 amide bonds. The van der Waals surface area contributed by atoms with Crippen LogP contribution < -0.4 is 9.84 Å². The Morgan fingerprint density at radius 2 is 1.94 bits per heavy atom. The lowest BCUT2D eigenvalue weighted by Crippen LogP contribution is -2.11. The molecule has 0 aliphatic rings. The summed E-state index contributed by atoms with van der Waals surface area (Å²) in [5.41, 5.74) is 0.523. The fraction of sp³-hybridized carbons (Fsp3) is 0.222. The predicted molar refractivity (Wildman–Crippen MR) is 66.2 cm³/mol. The molecule has 6 nitrogen and oxygen atoms in total. The lowest BCUT2D eigenvalue weighted by molar-refractivity contribution is -0.115. The number of benzene rings is 1. The first-order chi connectivity index (χ1) is 7.90. The van der Waals surface area contributed by atoms with Crippen molar-refractivity contribution in [1.29, 1.82) is 0 Å². The van der Waals surface area contributed by atoms with E-state index in [1.165, 1.54) is 24.3 Å². The molecule has 3 N–H and O–H groups in total. The van der Waals surface area contributed by atoms with Crippen molar-refractivity contribution in [2.75, 3.05) is 11.1 Å². The highest BCUT2D eigenvalue weighted by Crippen LogP contribution is 2.37. The van der Waals surface area contributed by atoms with Crippen LogP contribution in [0.4, 0.5) is 5.69 Å². The Labute approximate surface area is 104 Å². The first-order valence-electron chi connectivity index (χ1n) is 4.66. The van der Waals surface area contributed by atoms with Crippen molar-refractivity contribution >= 4 is 32.0 Å². The zero-order chi connectivity index (χ0) is 12.9. The third-order valence-electron chi connectivity index (χ3n) is 1.70. The van der Waals surface area contributed by atoms with Crippen LogP contribution in [-0.4, -0.2) is 21.4 Å². The third-order valence-corrected chi connectivity index (χ3v) is 2.37. The summed E-state index contributed by atoms with van der Waals surface area (Å²) in [6.07, 6.45) is 0.295. The van der Waals surface area contributed by atoms with Crippen molar-refractivity contribution in [2.24, 2.45) is 0 Å². The number of thiol groups is 1. The lowest BCUT2D eigenvalue weighted by Gasteiger charge is -2.08. The minimum Gasteiger partial charge on any atom is -0.404 e. The second-order valence-corrected chi connectivity index (χ2v) is 4.74. The van der Waals surface area contributed by atoms with E-state index in [2.05, 4.69) is 22.5 Å². The van der Waals surface area contributed by atoms with E-state index >= 15 is 0 Å². The van der Waals surface area contributed by atoms with Gasteiger partial charge >= 0.3 is 7.82 Å². The standard InChI is InChI=1S/C9H12NO5PS/c11-9(5-6-17)10-7-1-3-8(4-2-7)15-16(12,13)14/h1-4,17H,5-6H2,(H,10,11)(H2,12,13,14). The van der Waals surface area contributed by atoms with Gasteiger partial charge in [0.1, 0.15) is 5.75 Å². The van der Waals surface area contributed by atoms with Crippen molar-refractivity contribution in [1.82, 2.24) is 0 Å². The van der Waals surface area contributed by atoms with Gasteiger partial charge in [-0.1, -0.05) is 0 Å². The molecule has 0 unspecified atom stereocenters. The smallest absolute Gasteiger partial charge is 0.404 e. The molecule has 0 heterocycles. The molecule has 0 atom stereocenters. The van der Waals surface area contributed by atoms with E-state index in [0.29, 0.717) is 17.9 Å². The first kappa shape index (κ1) is 14.1. The summed E-state index contributed by atoms with van der Waals surface area (Å²) in [4.78, 5) is 28.3. The normalized spacial score (nSPS) is 11.0. The number of carbonyl (C=O) groups excluding carboxylic acids is 1. The summed E-state index contributed by atoms with van der Waals surface area (Å²) in [7, 11) is -4.54. The summed E-state index contributed by atoms with van der Waals surface area (Å²) >= 11 is 3.92. The van der Waals surface area contributed by atoms with Crippen molar-refractivity contribution in [3.63, 3.8) is 0 Å². The van der Waals surface area contributed by atoms with E-state index in [1.807, 2.05) is 0 Å². The number of hydrogen-bond acceptors (Lipinski definition) is 4. The van der Waals surface area contributed by atoms with Crippen LogP contribution in [0.15, 0.2) is 24.3 Å². The Balaban J connectivity index is 2.62. The first-order valence-corrected chi connectivity index (χ1v) is 6.83. The van der Waals surface area contributed by atoms with Crippen molar-refractivity contribution < 1.29 is 23.7 Å². The molecule has 0 aromatic heterocycles. The van der Waals surface area contributed by atoms with Crippen LogP contribution in [-0.2, 0) is 9.36 Å². The van der Waals surface area contributed by atoms with Gasteiger partial charge in [0.2, 0.25) is 5.91 Å². The highest BCUT2D eigenvalue weighted by Gasteiger charge is 2.15. The molecule has 94 valence electrons. The molecular weight excluding hydrogens is 265 g/mol. The fourth-order valence-electron chi connectivity index (χ4n) is 1.06. The van der Waals surface area contributed by atoms with Gasteiger partial charge in [0, 0.05) is 12.1 Å². The largest absolute Gasteiger partial charge is 0.524 e. The molecule has 0 aliphatic heterocycles. The minimum atomic E-state index is -4.54. The molecule has 0 radical (unpaired) electrons. The number of carbonyl (C=O) groups is 1. The van der Waals surface area contributed by atoms with Crippen molar-refractivity contribution in [3.05, 3.63) is 24.3 Å². The van der Waals surface area contributed by atoms with Gasteiger partial charge < -0.3 is 9.84 Å². The summed E-state index contributed by atoms with van der Waals surface area (Å²) in [6.45, 7) is 0. The average molecular weight is 277 g/mol. The maximum atomic E-state index is 11.2. The SMILES string of the molecule is O=C(CCS)Nc1ccc(OP(=O)(O)O)cc1. The molecule has 0 bridgehead atoms. The number of nitrogens with one attached hydrogen (secondary N) is 1. The quantitative estimate of drug-likeness (QED) is 0.482. The van der Waals surface area contributed by atoms with Crippen LogP contribution in [0.2, 0.25) is 0 Å². The Kier molecular flexibility index (Phi) is 5.02. The number of amides is 1. The molecule has 8 heteroatoms. The van der Waals surface area contributed by atoms with Gasteiger partial charge in [-0.25, -0.2) is 4.57 Å². The van der Waals surface area contributed by atoms with Gasteiger partial charge in [-0.3, -0.25) is 14.6 Å². The van der Waals surface area contributed by atoms with E-state index < -0.39 is 7.82 Å². The fourth-order valence-corrected chi connectivity index (χ4v) is 1.66. The molecule has 0 saturated heterocycles. The number of anilines is 1. The molecule has 1 rings (SSSR count). The van der Waals surface area contributed by atoms with E-state index in [4.69, 9.17) is 9.79 Å². The van der Waals surface area contributed by atoms with Gasteiger partial charge in [-0.2, -0.15) is 12.6 Å². The van der Waals surface area contributed by atoms with E-state index in [0.717, 1.165) is 0 Å². The topological polar surface area (TPSA) is 95.9 Å². The number of phosphoric acid groups is 1. The second-order valence-electron chi connectivity index (χ2n) is 3.13. The lowest BCUT2D eigenvalue weighted by atomic mass is 10.3. The molecule has 1 aromatic rings. The van der Waals surface area contributed by atoms with E-state index in [-0.39, 0.29) is 11.7 Å². The molecule has 0 spiro atoms. The molecular formula is C9H12NO5PS. The van der Waals surface area contributed by atoms with E-state index in [1.54, 1.807) is 0 Å². The second kappa shape index (κ2) is 6.07. The van der Waals surface area contributed by atoms with Gasteiger partial charge in [-0.05, 0) is 30.0 Å². The monoisotopic (exact) mass is 277 g/mol. The third kappa shape index (κ3) is 5.74. The van der Waals surface area contributed by atoms with Crippen LogP contribution in [0.3, 0.4) is 0 Å².